The van der Waals surface area contributed by atoms with Crippen molar-refractivity contribution in [3.05, 3.63) is 24.3 Å². The Morgan fingerprint density at radius 2 is 2.11 bits per heavy atom. The molecule has 0 fully saturated rings. The van der Waals surface area contributed by atoms with Gasteiger partial charge in [-0.05, 0) is 12.1 Å². The fourth-order valence-corrected chi connectivity index (χ4v) is 1.36. The summed E-state index contributed by atoms with van der Waals surface area (Å²) in [5.41, 5.74) is 0.492. The molecule has 19 heavy (non-hydrogen) atoms. The molecule has 0 saturated carbocycles. The normalized spacial score (nSPS) is 12.3. The first-order valence-electron chi connectivity index (χ1n) is 5.64. The first-order valence-corrected chi connectivity index (χ1v) is 5.64. The first-order chi connectivity index (χ1) is 9.04. The topological polar surface area (TPSA) is 70.6 Å². The van der Waals surface area contributed by atoms with E-state index in [9.17, 15) is 13.6 Å². The van der Waals surface area contributed by atoms with Crippen molar-refractivity contribution >= 4 is 11.6 Å². The summed E-state index contributed by atoms with van der Waals surface area (Å²) in [6.07, 6.45) is -4.61. The molecule has 7 heteroatoms. The minimum atomic E-state index is -2.83. The summed E-state index contributed by atoms with van der Waals surface area (Å²) in [4.78, 5) is 11.5. The predicted octanol–water partition coefficient (Wildman–Crippen LogP) is 0.849. The van der Waals surface area contributed by atoms with Gasteiger partial charge in [0.2, 0.25) is 5.91 Å². The van der Waals surface area contributed by atoms with Crippen molar-refractivity contribution in [2.75, 3.05) is 25.5 Å². The van der Waals surface area contributed by atoms with Gasteiger partial charge in [0.15, 0.2) is 0 Å². The summed E-state index contributed by atoms with van der Waals surface area (Å²) < 4.78 is 29.0. The second kappa shape index (κ2) is 7.65. The van der Waals surface area contributed by atoms with Gasteiger partial charge < -0.3 is 20.5 Å². The molecular formula is C12H16F2N2O3. The number of rotatable bonds is 7. The van der Waals surface area contributed by atoms with E-state index in [0.29, 0.717) is 11.4 Å². The SMILES string of the molecule is COc1ccccc1NC(=O)CNCC(O)C(F)F. The van der Waals surface area contributed by atoms with Crippen LogP contribution in [-0.2, 0) is 4.79 Å². The number of carbonyl (C=O) groups excluding carboxylic acids is 1. The molecule has 1 amide bonds. The number of hydrogen-bond donors (Lipinski definition) is 3. The Bertz CT molecular complexity index is 416. The van der Waals surface area contributed by atoms with Crippen LogP contribution in [0.2, 0.25) is 0 Å². The number of ether oxygens (including phenoxy) is 1. The monoisotopic (exact) mass is 274 g/mol. The molecule has 1 aromatic carbocycles. The number of methoxy groups -OCH3 is 1. The summed E-state index contributed by atoms with van der Waals surface area (Å²) in [6, 6.07) is 6.83. The third-order valence-electron chi connectivity index (χ3n) is 2.31. The lowest BCUT2D eigenvalue weighted by Gasteiger charge is -2.12. The zero-order chi connectivity index (χ0) is 14.3. The third kappa shape index (κ3) is 5.19. The molecular weight excluding hydrogens is 258 g/mol. The number of para-hydroxylation sites is 2. The molecule has 5 nitrogen and oxygen atoms in total. The first kappa shape index (κ1) is 15.3. The van der Waals surface area contributed by atoms with Gasteiger partial charge in [0.05, 0.1) is 19.3 Å². The molecule has 0 aliphatic carbocycles. The van der Waals surface area contributed by atoms with Crippen LogP contribution in [-0.4, -0.2) is 43.7 Å². The third-order valence-corrected chi connectivity index (χ3v) is 2.31. The molecule has 1 rings (SSSR count). The molecule has 0 saturated heterocycles. The van der Waals surface area contributed by atoms with Crippen LogP contribution in [0.5, 0.6) is 5.75 Å². The van der Waals surface area contributed by atoms with Crippen LogP contribution >= 0.6 is 0 Å². The van der Waals surface area contributed by atoms with Crippen LogP contribution < -0.4 is 15.4 Å². The molecule has 0 aliphatic heterocycles. The van der Waals surface area contributed by atoms with Gasteiger partial charge in [-0.15, -0.1) is 0 Å². The highest BCUT2D eigenvalue weighted by atomic mass is 19.3. The average molecular weight is 274 g/mol. The van der Waals surface area contributed by atoms with Gasteiger partial charge in [0.25, 0.3) is 6.43 Å². The number of aliphatic hydroxyl groups excluding tert-OH is 1. The minimum absolute atomic E-state index is 0.179. The van der Waals surface area contributed by atoms with Crippen molar-refractivity contribution in [2.45, 2.75) is 12.5 Å². The quantitative estimate of drug-likeness (QED) is 0.689. The van der Waals surface area contributed by atoms with Crippen LogP contribution in [0, 0.1) is 0 Å². The molecule has 0 aromatic heterocycles. The lowest BCUT2D eigenvalue weighted by molar-refractivity contribution is -0.115. The van der Waals surface area contributed by atoms with E-state index in [1.807, 2.05) is 0 Å². The van der Waals surface area contributed by atoms with Crippen molar-refractivity contribution in [1.29, 1.82) is 0 Å². The average Bonchev–Trinajstić information content (AvgIpc) is 2.39. The number of benzene rings is 1. The molecule has 0 aliphatic rings. The maximum absolute atomic E-state index is 12.0. The maximum Gasteiger partial charge on any atom is 0.265 e. The van der Waals surface area contributed by atoms with E-state index >= 15 is 0 Å². The maximum atomic E-state index is 12.0. The lowest BCUT2D eigenvalue weighted by Crippen LogP contribution is -2.36. The Labute approximate surface area is 109 Å². The number of amides is 1. The van der Waals surface area contributed by atoms with Crippen molar-refractivity contribution in [2.24, 2.45) is 0 Å². The standard InChI is InChI=1S/C12H16F2N2O3/c1-19-10-5-3-2-4-8(10)16-11(18)7-15-6-9(17)12(13)14/h2-5,9,12,15,17H,6-7H2,1H3,(H,16,18). The van der Waals surface area contributed by atoms with Crippen molar-refractivity contribution < 1.29 is 23.4 Å². The van der Waals surface area contributed by atoms with Crippen LogP contribution in [0.15, 0.2) is 24.3 Å². The van der Waals surface area contributed by atoms with E-state index < -0.39 is 18.4 Å². The van der Waals surface area contributed by atoms with Gasteiger partial charge in [-0.1, -0.05) is 12.1 Å². The van der Waals surface area contributed by atoms with Crippen molar-refractivity contribution in [3.63, 3.8) is 0 Å². The van der Waals surface area contributed by atoms with Crippen molar-refractivity contribution in [1.82, 2.24) is 5.32 Å². The van der Waals surface area contributed by atoms with E-state index in [2.05, 4.69) is 10.6 Å². The van der Waals surface area contributed by atoms with E-state index in [0.717, 1.165) is 0 Å². The molecule has 3 N–H and O–H groups in total. The van der Waals surface area contributed by atoms with Gasteiger partial charge in [0, 0.05) is 6.54 Å². The van der Waals surface area contributed by atoms with Gasteiger partial charge in [0.1, 0.15) is 11.9 Å². The van der Waals surface area contributed by atoms with Gasteiger partial charge in [-0.25, -0.2) is 8.78 Å². The highest BCUT2D eigenvalue weighted by Gasteiger charge is 2.16. The van der Waals surface area contributed by atoms with E-state index in [-0.39, 0.29) is 13.1 Å². The van der Waals surface area contributed by atoms with Crippen LogP contribution in [0.1, 0.15) is 0 Å². The fourth-order valence-electron chi connectivity index (χ4n) is 1.36. The Balaban J connectivity index is 2.39. The molecule has 0 spiro atoms. The van der Waals surface area contributed by atoms with Crippen molar-refractivity contribution in [3.8, 4) is 5.75 Å². The van der Waals surface area contributed by atoms with E-state index in [4.69, 9.17) is 9.84 Å². The number of hydrogen-bond acceptors (Lipinski definition) is 4. The number of anilines is 1. The zero-order valence-electron chi connectivity index (χ0n) is 10.4. The zero-order valence-corrected chi connectivity index (χ0v) is 10.4. The highest BCUT2D eigenvalue weighted by molar-refractivity contribution is 5.93. The lowest BCUT2D eigenvalue weighted by atomic mass is 10.3. The highest BCUT2D eigenvalue weighted by Crippen LogP contribution is 2.22. The Morgan fingerprint density at radius 3 is 2.74 bits per heavy atom. The summed E-state index contributed by atoms with van der Waals surface area (Å²) in [5.74, 6) is 0.0921. The second-order valence-corrected chi connectivity index (χ2v) is 3.78. The van der Waals surface area contributed by atoms with E-state index in [1.54, 1.807) is 24.3 Å². The Kier molecular flexibility index (Phi) is 6.17. The molecule has 0 heterocycles. The van der Waals surface area contributed by atoms with Gasteiger partial charge in [-0.3, -0.25) is 4.79 Å². The molecule has 1 unspecified atom stereocenters. The molecule has 106 valence electrons. The number of aliphatic hydroxyl groups is 1. The Hall–Kier alpha value is -1.73. The molecule has 0 radical (unpaired) electrons. The number of nitrogens with one attached hydrogen (secondary N) is 2. The summed E-state index contributed by atoms with van der Waals surface area (Å²) in [6.45, 7) is -0.529. The van der Waals surface area contributed by atoms with E-state index in [1.165, 1.54) is 7.11 Å². The smallest absolute Gasteiger partial charge is 0.265 e. The number of carbonyl (C=O) groups is 1. The fraction of sp³-hybridized carbons (Fsp3) is 0.417. The summed E-state index contributed by atoms with van der Waals surface area (Å²) in [7, 11) is 1.47. The van der Waals surface area contributed by atoms with Crippen LogP contribution in [0.25, 0.3) is 0 Å². The minimum Gasteiger partial charge on any atom is -0.495 e. The molecule has 1 atom stereocenters. The predicted molar refractivity (Wildman–Crippen MR) is 66.5 cm³/mol. The van der Waals surface area contributed by atoms with Crippen LogP contribution in [0.3, 0.4) is 0 Å². The van der Waals surface area contributed by atoms with Crippen LogP contribution in [0.4, 0.5) is 14.5 Å². The summed E-state index contributed by atoms with van der Waals surface area (Å²) in [5, 5.41) is 13.9. The number of alkyl halides is 2. The second-order valence-electron chi connectivity index (χ2n) is 3.78. The molecule has 1 aromatic rings. The van der Waals surface area contributed by atoms with Gasteiger partial charge in [-0.2, -0.15) is 0 Å². The Morgan fingerprint density at radius 1 is 1.42 bits per heavy atom. The van der Waals surface area contributed by atoms with Gasteiger partial charge >= 0.3 is 0 Å². The largest absolute Gasteiger partial charge is 0.495 e. The summed E-state index contributed by atoms with van der Waals surface area (Å²) >= 11 is 0. The molecule has 0 bridgehead atoms. The number of halogens is 2.